The largest absolute Gasteiger partial charge is 0.378 e. The summed E-state index contributed by atoms with van der Waals surface area (Å²) < 4.78 is 25.4. The molecule has 0 bridgehead atoms. The summed E-state index contributed by atoms with van der Waals surface area (Å²) in [6, 6.07) is 4.70. The van der Waals surface area contributed by atoms with Crippen LogP contribution in [0.5, 0.6) is 0 Å². The zero-order valence-corrected chi connectivity index (χ0v) is 14.3. The van der Waals surface area contributed by atoms with Gasteiger partial charge in [-0.1, -0.05) is 6.07 Å². The van der Waals surface area contributed by atoms with E-state index in [-0.39, 0.29) is 29.8 Å². The normalized spacial score (nSPS) is 27.5. The molecule has 1 amide bonds. The van der Waals surface area contributed by atoms with Gasteiger partial charge in [0, 0.05) is 26.8 Å². The average Bonchev–Trinajstić information content (AvgIpc) is 3.00. The van der Waals surface area contributed by atoms with Crippen molar-refractivity contribution >= 4 is 11.6 Å². The summed E-state index contributed by atoms with van der Waals surface area (Å²) in [7, 11) is 1.72. The Morgan fingerprint density at radius 3 is 3.08 bits per heavy atom. The second-order valence-corrected chi connectivity index (χ2v) is 6.77. The van der Waals surface area contributed by atoms with E-state index in [1.807, 2.05) is 6.92 Å². The predicted molar refractivity (Wildman–Crippen MR) is 89.5 cm³/mol. The van der Waals surface area contributed by atoms with Gasteiger partial charge in [0.25, 0.3) is 0 Å². The Morgan fingerprint density at radius 2 is 2.38 bits per heavy atom. The number of carbonyl (C=O) groups is 1. The Morgan fingerprint density at radius 1 is 1.54 bits per heavy atom. The zero-order valence-electron chi connectivity index (χ0n) is 14.3. The maximum absolute atomic E-state index is 13.8. The predicted octanol–water partition coefficient (Wildman–Crippen LogP) is 2.34. The van der Waals surface area contributed by atoms with Crippen LogP contribution in [-0.4, -0.2) is 55.9 Å². The van der Waals surface area contributed by atoms with Crippen molar-refractivity contribution in [3.05, 3.63) is 29.6 Å². The fraction of sp³-hybridized carbons (Fsp3) is 0.611. The number of rotatable bonds is 4. The highest BCUT2D eigenvalue weighted by Crippen LogP contribution is 2.36. The molecule has 2 atom stereocenters. The van der Waals surface area contributed by atoms with Crippen LogP contribution in [0, 0.1) is 12.7 Å². The van der Waals surface area contributed by atoms with E-state index in [9.17, 15) is 9.18 Å². The first kappa shape index (κ1) is 17.3. The van der Waals surface area contributed by atoms with Crippen molar-refractivity contribution in [2.75, 3.05) is 38.7 Å². The summed E-state index contributed by atoms with van der Waals surface area (Å²) in [6.45, 7) is 4.29. The molecule has 132 valence electrons. The fourth-order valence-electron chi connectivity index (χ4n) is 3.82. The van der Waals surface area contributed by atoms with Crippen LogP contribution in [0.1, 0.15) is 24.8 Å². The van der Waals surface area contributed by atoms with Crippen molar-refractivity contribution in [2.24, 2.45) is 0 Å². The summed E-state index contributed by atoms with van der Waals surface area (Å²) in [5.41, 5.74) is 0.839. The summed E-state index contributed by atoms with van der Waals surface area (Å²) in [5.74, 6) is -0.619. The molecular weight excluding hydrogens is 311 g/mol. The van der Waals surface area contributed by atoms with Gasteiger partial charge in [0.2, 0.25) is 5.91 Å². The Balaban J connectivity index is 1.61. The third kappa shape index (κ3) is 3.61. The minimum atomic E-state index is -0.414. The number of nitrogens with one attached hydrogen (secondary N) is 1. The number of piperidine rings is 1. The monoisotopic (exact) mass is 336 g/mol. The lowest BCUT2D eigenvalue weighted by Crippen LogP contribution is -2.58. The van der Waals surface area contributed by atoms with Gasteiger partial charge in [-0.2, -0.15) is 0 Å². The summed E-state index contributed by atoms with van der Waals surface area (Å²) in [4.78, 5) is 14.4. The van der Waals surface area contributed by atoms with Crippen LogP contribution < -0.4 is 5.32 Å². The summed E-state index contributed by atoms with van der Waals surface area (Å²) >= 11 is 0. The van der Waals surface area contributed by atoms with Gasteiger partial charge >= 0.3 is 0 Å². The summed E-state index contributed by atoms with van der Waals surface area (Å²) in [6.07, 6.45) is 2.89. The Hall–Kier alpha value is -1.50. The van der Waals surface area contributed by atoms with E-state index >= 15 is 0 Å². The second kappa shape index (κ2) is 7.17. The lowest BCUT2D eigenvalue weighted by molar-refractivity contribution is -0.146. The van der Waals surface area contributed by atoms with Crippen molar-refractivity contribution in [1.29, 1.82) is 0 Å². The lowest BCUT2D eigenvalue weighted by Gasteiger charge is -2.44. The Bertz CT molecular complexity index is 602. The number of halogens is 1. The van der Waals surface area contributed by atoms with Crippen molar-refractivity contribution in [3.8, 4) is 0 Å². The van der Waals surface area contributed by atoms with Crippen molar-refractivity contribution < 1.29 is 18.7 Å². The van der Waals surface area contributed by atoms with Gasteiger partial charge in [-0.05, 0) is 43.9 Å². The molecule has 2 fully saturated rings. The number of amides is 1. The number of hydrogen-bond donors (Lipinski definition) is 1. The van der Waals surface area contributed by atoms with Gasteiger partial charge in [-0.15, -0.1) is 0 Å². The third-order valence-electron chi connectivity index (χ3n) is 4.97. The van der Waals surface area contributed by atoms with Gasteiger partial charge in [0.15, 0.2) is 0 Å². The van der Waals surface area contributed by atoms with Crippen molar-refractivity contribution in [1.82, 2.24) is 4.90 Å². The zero-order chi connectivity index (χ0) is 17.2. The molecule has 1 aromatic rings. The minimum Gasteiger partial charge on any atom is -0.378 e. The quantitative estimate of drug-likeness (QED) is 0.917. The number of methoxy groups -OCH3 is 1. The molecule has 0 unspecified atom stereocenters. The Kier molecular flexibility index (Phi) is 5.18. The van der Waals surface area contributed by atoms with E-state index in [0.717, 1.165) is 38.0 Å². The molecule has 6 heteroatoms. The number of aryl methyl sites for hydroxylation is 1. The number of carbonyl (C=O) groups excluding carboxylic acids is 1. The smallest absolute Gasteiger partial charge is 0.238 e. The third-order valence-corrected chi connectivity index (χ3v) is 4.97. The number of ether oxygens (including phenoxy) is 2. The highest BCUT2D eigenvalue weighted by Gasteiger charge is 2.47. The van der Waals surface area contributed by atoms with E-state index in [0.29, 0.717) is 6.54 Å². The van der Waals surface area contributed by atoms with E-state index in [1.165, 1.54) is 6.07 Å². The maximum atomic E-state index is 13.8. The molecule has 3 rings (SSSR count). The van der Waals surface area contributed by atoms with Crippen LogP contribution >= 0.6 is 0 Å². The van der Waals surface area contributed by atoms with Crippen LogP contribution in [0.2, 0.25) is 0 Å². The first-order valence-electron chi connectivity index (χ1n) is 8.47. The molecule has 2 aliphatic rings. The second-order valence-electron chi connectivity index (χ2n) is 6.77. The molecule has 5 nitrogen and oxygen atoms in total. The van der Waals surface area contributed by atoms with Gasteiger partial charge < -0.3 is 14.8 Å². The van der Waals surface area contributed by atoms with E-state index in [4.69, 9.17) is 9.47 Å². The first-order chi connectivity index (χ1) is 11.5. The lowest BCUT2D eigenvalue weighted by atomic mass is 9.87. The van der Waals surface area contributed by atoms with Gasteiger partial charge in [0.1, 0.15) is 11.4 Å². The van der Waals surface area contributed by atoms with E-state index in [2.05, 4.69) is 10.2 Å². The van der Waals surface area contributed by atoms with Gasteiger partial charge in [-0.3, -0.25) is 9.69 Å². The van der Waals surface area contributed by atoms with Crippen LogP contribution in [0.25, 0.3) is 0 Å². The molecular formula is C18H25FN2O3. The van der Waals surface area contributed by atoms with E-state index < -0.39 is 5.82 Å². The number of likely N-dealkylation sites (tertiary alicyclic amines) is 1. The maximum Gasteiger partial charge on any atom is 0.238 e. The molecule has 0 saturated carbocycles. The highest BCUT2D eigenvalue weighted by atomic mass is 19.1. The average molecular weight is 336 g/mol. The molecule has 24 heavy (non-hydrogen) atoms. The molecule has 0 aromatic heterocycles. The number of nitrogens with zero attached hydrogens (tertiary/aromatic N) is 1. The molecule has 1 aromatic carbocycles. The van der Waals surface area contributed by atoms with Crippen LogP contribution in [0.15, 0.2) is 18.2 Å². The van der Waals surface area contributed by atoms with Crippen molar-refractivity contribution in [2.45, 2.75) is 37.9 Å². The molecule has 1 N–H and O–H groups in total. The van der Waals surface area contributed by atoms with Crippen LogP contribution in [-0.2, 0) is 14.3 Å². The molecule has 0 aliphatic carbocycles. The minimum absolute atomic E-state index is 0.0773. The number of benzene rings is 1. The molecule has 2 aliphatic heterocycles. The first-order valence-corrected chi connectivity index (χ1v) is 8.47. The number of anilines is 1. The highest BCUT2D eigenvalue weighted by molar-refractivity contribution is 5.92. The van der Waals surface area contributed by atoms with E-state index in [1.54, 1.807) is 19.2 Å². The summed E-state index contributed by atoms with van der Waals surface area (Å²) in [5, 5.41) is 2.67. The molecule has 0 radical (unpaired) electrons. The molecule has 1 spiro atoms. The number of hydrogen-bond acceptors (Lipinski definition) is 4. The molecule has 2 saturated heterocycles. The van der Waals surface area contributed by atoms with Gasteiger partial charge in [-0.25, -0.2) is 4.39 Å². The van der Waals surface area contributed by atoms with Crippen molar-refractivity contribution in [3.63, 3.8) is 0 Å². The van der Waals surface area contributed by atoms with Crippen LogP contribution in [0.4, 0.5) is 10.1 Å². The van der Waals surface area contributed by atoms with Crippen LogP contribution in [0.3, 0.4) is 0 Å². The van der Waals surface area contributed by atoms with Gasteiger partial charge in [0.05, 0.1) is 18.3 Å². The fourth-order valence-corrected chi connectivity index (χ4v) is 3.82. The SMILES string of the molecule is CO[C@H]1CCN(CC(=O)Nc2cc(C)ccc2F)C[C@@]12CCCO2. The Labute approximate surface area is 142 Å². The topological polar surface area (TPSA) is 50.8 Å². The standard InChI is InChI=1S/C18H25FN2O3/c1-13-4-5-14(19)15(10-13)20-17(22)11-21-8-6-16(23-2)18(12-21)7-3-9-24-18/h4-5,10,16H,3,6-9,11-12H2,1-2H3,(H,20,22)/t16-,18-/m0/s1. The molecule has 2 heterocycles.